The Labute approximate surface area is 89.4 Å². The molecule has 0 heterocycles. The van der Waals surface area contributed by atoms with Crippen LogP contribution < -0.4 is 11.5 Å². The fourth-order valence-electron chi connectivity index (χ4n) is 0.892. The van der Waals surface area contributed by atoms with E-state index in [0.29, 0.717) is 0 Å². The summed E-state index contributed by atoms with van der Waals surface area (Å²) in [6.07, 6.45) is 3.08. The van der Waals surface area contributed by atoms with E-state index in [4.69, 9.17) is 16.9 Å². The van der Waals surface area contributed by atoms with E-state index in [-0.39, 0.29) is 18.0 Å². The Hall–Kier alpha value is -0.910. The highest BCUT2D eigenvalue weighted by Gasteiger charge is 2.11. The van der Waals surface area contributed by atoms with Gasteiger partial charge in [-0.3, -0.25) is 5.41 Å². The minimum atomic E-state index is -0.0704. The van der Waals surface area contributed by atoms with Crippen LogP contribution in [0.1, 0.15) is 13.3 Å². The van der Waals surface area contributed by atoms with Crippen LogP contribution in [0.5, 0.6) is 0 Å². The minimum absolute atomic E-state index is 0.0704. The Morgan fingerprint density at radius 1 is 1.57 bits per heavy atom. The molecule has 0 aromatic rings. The molecule has 1 atom stereocenters. The van der Waals surface area contributed by atoms with Gasteiger partial charge in [0.15, 0.2) is 5.96 Å². The van der Waals surface area contributed by atoms with Crippen molar-refractivity contribution in [2.75, 3.05) is 19.1 Å². The van der Waals surface area contributed by atoms with Crippen molar-refractivity contribution in [2.45, 2.75) is 19.4 Å². The highest BCUT2D eigenvalue weighted by molar-refractivity contribution is 7.98. The van der Waals surface area contributed by atoms with Crippen LogP contribution >= 0.6 is 11.8 Å². The van der Waals surface area contributed by atoms with Crippen LogP contribution in [-0.2, 0) is 0 Å². The number of aliphatic imine (C=N–C) groups is 1. The molecule has 0 aliphatic heterocycles. The van der Waals surface area contributed by atoms with Crippen molar-refractivity contribution >= 4 is 23.7 Å². The molecule has 0 aromatic carbocycles. The third kappa shape index (κ3) is 4.96. The maximum atomic E-state index is 7.56. The Morgan fingerprint density at radius 3 is 2.57 bits per heavy atom. The summed E-state index contributed by atoms with van der Waals surface area (Å²) in [5.74, 6) is 1.11. The Bertz CT molecular complexity index is 212. The molecule has 0 radical (unpaired) electrons. The molecule has 0 fully saturated rings. The van der Waals surface area contributed by atoms with E-state index >= 15 is 0 Å². The highest BCUT2D eigenvalue weighted by Crippen LogP contribution is 2.06. The normalized spacial score (nSPS) is 11.9. The van der Waals surface area contributed by atoms with Crippen LogP contribution in [0.4, 0.5) is 0 Å². The molecule has 14 heavy (non-hydrogen) atoms. The predicted octanol–water partition coefficient (Wildman–Crippen LogP) is 0.268. The maximum absolute atomic E-state index is 7.56. The second kappa shape index (κ2) is 6.53. The van der Waals surface area contributed by atoms with Crippen molar-refractivity contribution in [2.24, 2.45) is 16.5 Å². The third-order valence-electron chi connectivity index (χ3n) is 1.97. The summed E-state index contributed by atoms with van der Waals surface area (Å²) in [6, 6.07) is 0.276. The van der Waals surface area contributed by atoms with E-state index in [2.05, 4.69) is 11.2 Å². The second-order valence-electron chi connectivity index (χ2n) is 3.10. The van der Waals surface area contributed by atoms with Gasteiger partial charge in [-0.25, -0.2) is 0 Å². The first-order valence-corrected chi connectivity index (χ1v) is 5.78. The molecule has 0 aliphatic rings. The molecule has 0 saturated heterocycles. The van der Waals surface area contributed by atoms with Crippen molar-refractivity contribution in [3.63, 3.8) is 0 Å². The molecule has 0 bridgehead atoms. The molecule has 82 valence electrons. The molecule has 0 aliphatic carbocycles. The largest absolute Gasteiger partial charge is 0.370 e. The zero-order chi connectivity index (χ0) is 11.1. The SMILES string of the molecule is CSCCC(C)N(C)C(=N)N=C(N)N. The fraction of sp³-hybridized carbons (Fsp3) is 0.750. The molecular formula is C8H19N5S. The number of nitrogens with zero attached hydrogens (tertiary/aromatic N) is 2. The van der Waals surface area contributed by atoms with Crippen molar-refractivity contribution in [1.82, 2.24) is 4.90 Å². The topological polar surface area (TPSA) is 91.5 Å². The Morgan fingerprint density at radius 2 is 2.14 bits per heavy atom. The number of hydrogen-bond donors (Lipinski definition) is 3. The number of nitrogens with two attached hydrogens (primary N) is 2. The van der Waals surface area contributed by atoms with E-state index in [1.54, 1.807) is 16.7 Å². The van der Waals surface area contributed by atoms with Gasteiger partial charge < -0.3 is 16.4 Å². The quantitative estimate of drug-likeness (QED) is 0.465. The number of hydrogen-bond acceptors (Lipinski definition) is 2. The summed E-state index contributed by atoms with van der Waals surface area (Å²) >= 11 is 1.79. The molecule has 6 heteroatoms. The van der Waals surface area contributed by atoms with E-state index in [9.17, 15) is 0 Å². The molecule has 0 amide bonds. The third-order valence-corrected chi connectivity index (χ3v) is 2.61. The summed E-state index contributed by atoms with van der Waals surface area (Å²) in [4.78, 5) is 5.44. The smallest absolute Gasteiger partial charge is 0.220 e. The first-order chi connectivity index (χ1) is 6.49. The molecule has 1 unspecified atom stereocenters. The van der Waals surface area contributed by atoms with Gasteiger partial charge in [0.25, 0.3) is 0 Å². The number of nitrogens with one attached hydrogen (secondary N) is 1. The number of rotatable bonds is 4. The van der Waals surface area contributed by atoms with Gasteiger partial charge >= 0.3 is 0 Å². The van der Waals surface area contributed by atoms with Crippen LogP contribution in [0.3, 0.4) is 0 Å². The fourth-order valence-corrected chi connectivity index (χ4v) is 1.47. The lowest BCUT2D eigenvalue weighted by molar-refractivity contribution is 0.377. The van der Waals surface area contributed by atoms with Crippen LogP contribution in [-0.4, -0.2) is 41.9 Å². The summed E-state index contributed by atoms with van der Waals surface area (Å²) in [5.41, 5.74) is 10.4. The lowest BCUT2D eigenvalue weighted by Crippen LogP contribution is -2.36. The van der Waals surface area contributed by atoms with Crippen LogP contribution in [0.25, 0.3) is 0 Å². The summed E-state index contributed by atoms with van der Waals surface area (Å²) < 4.78 is 0. The van der Waals surface area contributed by atoms with Crippen molar-refractivity contribution in [3.05, 3.63) is 0 Å². The first-order valence-electron chi connectivity index (χ1n) is 4.39. The van der Waals surface area contributed by atoms with Gasteiger partial charge in [0, 0.05) is 13.1 Å². The van der Waals surface area contributed by atoms with E-state index < -0.39 is 0 Å². The molecule has 5 nitrogen and oxygen atoms in total. The molecule has 5 N–H and O–H groups in total. The zero-order valence-corrected chi connectivity index (χ0v) is 9.77. The molecule has 0 spiro atoms. The first kappa shape index (κ1) is 13.1. The zero-order valence-electron chi connectivity index (χ0n) is 8.95. The van der Waals surface area contributed by atoms with E-state index in [0.717, 1.165) is 12.2 Å². The van der Waals surface area contributed by atoms with Crippen LogP contribution in [0, 0.1) is 5.41 Å². The molecular weight excluding hydrogens is 198 g/mol. The average molecular weight is 217 g/mol. The maximum Gasteiger partial charge on any atom is 0.220 e. The van der Waals surface area contributed by atoms with Gasteiger partial charge in [-0.2, -0.15) is 16.8 Å². The lowest BCUT2D eigenvalue weighted by Gasteiger charge is -2.24. The van der Waals surface area contributed by atoms with Gasteiger partial charge in [0.05, 0.1) is 0 Å². The van der Waals surface area contributed by atoms with Gasteiger partial charge in [-0.05, 0) is 25.4 Å². The monoisotopic (exact) mass is 217 g/mol. The van der Waals surface area contributed by atoms with Gasteiger partial charge in [0.1, 0.15) is 0 Å². The minimum Gasteiger partial charge on any atom is -0.370 e. The lowest BCUT2D eigenvalue weighted by atomic mass is 10.2. The van der Waals surface area contributed by atoms with Gasteiger partial charge in [-0.15, -0.1) is 0 Å². The van der Waals surface area contributed by atoms with Crippen LogP contribution in [0.15, 0.2) is 4.99 Å². The van der Waals surface area contributed by atoms with Gasteiger partial charge in [0.2, 0.25) is 5.96 Å². The van der Waals surface area contributed by atoms with E-state index in [1.165, 1.54) is 0 Å². The van der Waals surface area contributed by atoms with Crippen LogP contribution in [0.2, 0.25) is 0 Å². The van der Waals surface area contributed by atoms with Crippen molar-refractivity contribution < 1.29 is 0 Å². The summed E-state index contributed by atoms with van der Waals surface area (Å²) in [7, 11) is 1.82. The predicted molar refractivity (Wildman–Crippen MR) is 63.8 cm³/mol. The summed E-state index contributed by atoms with van der Waals surface area (Å²) in [6.45, 7) is 2.05. The molecule has 0 aromatic heterocycles. The number of guanidine groups is 2. The average Bonchev–Trinajstić information content (AvgIpc) is 2.11. The Balaban J connectivity index is 4.10. The highest BCUT2D eigenvalue weighted by atomic mass is 32.2. The van der Waals surface area contributed by atoms with Gasteiger partial charge in [-0.1, -0.05) is 0 Å². The summed E-state index contributed by atoms with van der Waals surface area (Å²) in [5, 5.41) is 7.56. The number of thioether (sulfide) groups is 1. The molecule has 0 rings (SSSR count). The second-order valence-corrected chi connectivity index (χ2v) is 4.09. The van der Waals surface area contributed by atoms with Crippen molar-refractivity contribution in [3.8, 4) is 0 Å². The van der Waals surface area contributed by atoms with Crippen molar-refractivity contribution in [1.29, 1.82) is 5.41 Å². The van der Waals surface area contributed by atoms with E-state index in [1.807, 2.05) is 14.0 Å². The molecule has 0 saturated carbocycles. The Kier molecular flexibility index (Phi) is 6.11. The standard InChI is InChI=1S/C8H19N5S/c1-6(4-5-14-3)13(2)8(11)12-7(9)10/h6H,4-5H2,1-3H3,(H5,9,10,11,12).